The quantitative estimate of drug-likeness (QED) is 0.421. The van der Waals surface area contributed by atoms with Crippen LogP contribution in [0.5, 0.6) is 0 Å². The molecule has 0 aliphatic heterocycles. The molecule has 1 aliphatic rings. The molecule has 0 saturated heterocycles. The summed E-state index contributed by atoms with van der Waals surface area (Å²) in [4.78, 5) is 1.09. The van der Waals surface area contributed by atoms with Gasteiger partial charge in [-0.15, -0.1) is 11.8 Å². The van der Waals surface area contributed by atoms with Gasteiger partial charge in [-0.25, -0.2) is 0 Å². The first-order chi connectivity index (χ1) is 12.8. The molecule has 27 heavy (non-hydrogen) atoms. The van der Waals surface area contributed by atoms with Gasteiger partial charge >= 0.3 is 0 Å². The minimum Gasteiger partial charge on any atom is -0.104 e. The first kappa shape index (κ1) is 30.5. The van der Waals surface area contributed by atoms with Crippen LogP contribution in [0.2, 0.25) is 0 Å². The second kappa shape index (κ2) is 21.1. The first-order valence-corrected chi connectivity index (χ1v) is 11.3. The Bertz CT molecular complexity index is 512. The molecule has 0 heterocycles. The Morgan fingerprint density at radius 1 is 1.07 bits per heavy atom. The van der Waals surface area contributed by atoms with E-state index in [1.807, 2.05) is 34.6 Å². The fourth-order valence-corrected chi connectivity index (χ4v) is 2.63. The van der Waals surface area contributed by atoms with Crippen molar-refractivity contribution in [3.8, 4) is 0 Å². The highest BCUT2D eigenvalue weighted by Gasteiger charge is 2.13. The van der Waals surface area contributed by atoms with Crippen LogP contribution in [0.15, 0.2) is 70.1 Å². The minimum absolute atomic E-state index is 0.845. The topological polar surface area (TPSA) is 0 Å². The van der Waals surface area contributed by atoms with Gasteiger partial charge in [0.1, 0.15) is 0 Å². The van der Waals surface area contributed by atoms with Crippen LogP contribution in [0.1, 0.15) is 88.5 Å². The van der Waals surface area contributed by atoms with Gasteiger partial charge in [0.15, 0.2) is 0 Å². The molecule has 1 heteroatoms. The fourth-order valence-electron chi connectivity index (χ4n) is 2.35. The average molecular weight is 391 g/mol. The van der Waals surface area contributed by atoms with Crippen LogP contribution in [-0.2, 0) is 0 Å². The van der Waals surface area contributed by atoms with Crippen LogP contribution in [0, 0.1) is 5.92 Å². The van der Waals surface area contributed by atoms with E-state index in [4.69, 9.17) is 0 Å². The zero-order valence-corrected chi connectivity index (χ0v) is 20.7. The van der Waals surface area contributed by atoms with E-state index in [9.17, 15) is 0 Å². The van der Waals surface area contributed by atoms with Crippen molar-refractivity contribution < 1.29 is 0 Å². The monoisotopic (exact) mass is 390 g/mol. The maximum atomic E-state index is 3.64. The normalized spacial score (nSPS) is 17.0. The Kier molecular flexibility index (Phi) is 23.8. The van der Waals surface area contributed by atoms with Gasteiger partial charge < -0.3 is 0 Å². The standard InChI is InChI=1S/C17H26.C5H8S.2C2H6/c1-6-7-8-14(3)16(5)12-17-11-13(2)9-10-15(17)4;1-4-6-5(2)3;2*1-2/h6-8,12-13H,9-11H2,1-5H3;4H,1-2H2,3H3;2*1-2H3/b7-6-,14-8+,16-12+;;;. The molecule has 0 radical (unpaired) electrons. The van der Waals surface area contributed by atoms with Gasteiger partial charge in [-0.3, -0.25) is 0 Å². The van der Waals surface area contributed by atoms with Gasteiger partial charge in [0.2, 0.25) is 0 Å². The number of hydrogen-bond acceptors (Lipinski definition) is 1. The summed E-state index contributed by atoms with van der Waals surface area (Å²) in [6.07, 6.45) is 12.6. The summed E-state index contributed by atoms with van der Waals surface area (Å²) in [6, 6.07) is 0. The lowest BCUT2D eigenvalue weighted by Gasteiger charge is -2.21. The molecule has 1 atom stereocenters. The lowest BCUT2D eigenvalue weighted by Crippen LogP contribution is -2.05. The predicted molar refractivity (Wildman–Crippen MR) is 133 cm³/mol. The highest BCUT2D eigenvalue weighted by atomic mass is 32.2. The Labute approximate surface area is 176 Å². The molecule has 0 fully saturated rings. The predicted octanol–water partition coefficient (Wildman–Crippen LogP) is 10.0. The zero-order chi connectivity index (χ0) is 21.8. The average Bonchev–Trinajstić information content (AvgIpc) is 2.66. The summed E-state index contributed by atoms with van der Waals surface area (Å²) >= 11 is 1.56. The number of thioether (sulfide) groups is 1. The molecule has 0 spiro atoms. The van der Waals surface area contributed by atoms with E-state index >= 15 is 0 Å². The van der Waals surface area contributed by atoms with Gasteiger partial charge in [-0.05, 0) is 86.8 Å². The fraction of sp³-hybridized carbons (Fsp3) is 0.538. The van der Waals surface area contributed by atoms with Crippen molar-refractivity contribution in [1.82, 2.24) is 0 Å². The molecule has 1 aliphatic carbocycles. The highest BCUT2D eigenvalue weighted by molar-refractivity contribution is 8.05. The Morgan fingerprint density at radius 2 is 1.63 bits per heavy atom. The number of allylic oxidation sites excluding steroid dienone is 9. The lowest BCUT2D eigenvalue weighted by atomic mass is 9.84. The van der Waals surface area contributed by atoms with Crippen LogP contribution >= 0.6 is 11.8 Å². The van der Waals surface area contributed by atoms with E-state index < -0.39 is 0 Å². The van der Waals surface area contributed by atoms with Crippen LogP contribution < -0.4 is 0 Å². The maximum absolute atomic E-state index is 3.64. The molecule has 0 N–H and O–H groups in total. The van der Waals surface area contributed by atoms with E-state index in [1.165, 1.54) is 30.4 Å². The molecule has 0 saturated carbocycles. The van der Waals surface area contributed by atoms with Crippen molar-refractivity contribution in [2.24, 2.45) is 5.92 Å². The molecule has 0 aromatic carbocycles. The zero-order valence-electron chi connectivity index (χ0n) is 19.9. The lowest BCUT2D eigenvalue weighted by molar-refractivity contribution is 0.502. The van der Waals surface area contributed by atoms with Crippen LogP contribution in [0.25, 0.3) is 0 Å². The summed E-state index contributed by atoms with van der Waals surface area (Å²) in [5, 5.41) is 1.77. The summed E-state index contributed by atoms with van der Waals surface area (Å²) in [5.74, 6) is 0.845. The second-order valence-corrected chi connectivity index (χ2v) is 7.61. The largest absolute Gasteiger partial charge is 0.104 e. The van der Waals surface area contributed by atoms with Crippen LogP contribution in [0.4, 0.5) is 0 Å². The van der Waals surface area contributed by atoms with E-state index in [0.29, 0.717) is 0 Å². The summed E-state index contributed by atoms with van der Waals surface area (Å²) in [7, 11) is 0. The van der Waals surface area contributed by atoms with Gasteiger partial charge in [-0.1, -0.05) is 77.7 Å². The smallest absolute Gasteiger partial charge is 0.0211 e. The molecule has 0 aromatic heterocycles. The second-order valence-electron chi connectivity index (χ2n) is 6.34. The molecular formula is C26H46S. The summed E-state index contributed by atoms with van der Waals surface area (Å²) in [5.41, 5.74) is 5.91. The Hall–Kier alpha value is -1.21. The van der Waals surface area contributed by atoms with Gasteiger partial charge in [0, 0.05) is 0 Å². The van der Waals surface area contributed by atoms with E-state index in [-0.39, 0.29) is 0 Å². The molecule has 0 nitrogen and oxygen atoms in total. The van der Waals surface area contributed by atoms with Gasteiger partial charge in [-0.2, -0.15) is 0 Å². The van der Waals surface area contributed by atoms with E-state index in [2.05, 4.69) is 72.1 Å². The summed E-state index contributed by atoms with van der Waals surface area (Å²) < 4.78 is 0. The van der Waals surface area contributed by atoms with E-state index in [1.54, 1.807) is 28.3 Å². The third kappa shape index (κ3) is 17.9. The minimum atomic E-state index is 0.845. The molecule has 156 valence electrons. The summed E-state index contributed by atoms with van der Waals surface area (Å²) in [6.45, 7) is 28.2. The van der Waals surface area contributed by atoms with Crippen molar-refractivity contribution in [2.45, 2.75) is 88.5 Å². The van der Waals surface area contributed by atoms with Crippen LogP contribution in [-0.4, -0.2) is 0 Å². The third-order valence-electron chi connectivity index (χ3n) is 3.96. The van der Waals surface area contributed by atoms with Crippen molar-refractivity contribution in [2.75, 3.05) is 0 Å². The number of rotatable bonds is 5. The molecule has 1 rings (SSSR count). The third-order valence-corrected chi connectivity index (χ3v) is 4.53. The Balaban J connectivity index is -0.000000484. The molecular weight excluding hydrogens is 344 g/mol. The van der Waals surface area contributed by atoms with Crippen molar-refractivity contribution in [3.05, 3.63) is 70.1 Å². The maximum Gasteiger partial charge on any atom is -0.0211 e. The number of hydrogen-bond donors (Lipinski definition) is 0. The SMILES string of the molecule is C=CSC(=C)C.CC.CC.C\C=C/C=C(C)/C(C)=C/C1=C(C)CCC(C)C1. The van der Waals surface area contributed by atoms with Crippen molar-refractivity contribution >= 4 is 11.8 Å². The van der Waals surface area contributed by atoms with E-state index in [0.717, 1.165) is 10.8 Å². The van der Waals surface area contributed by atoms with Gasteiger partial charge in [0.25, 0.3) is 0 Å². The van der Waals surface area contributed by atoms with Gasteiger partial charge in [0.05, 0.1) is 0 Å². The first-order valence-electron chi connectivity index (χ1n) is 10.4. The van der Waals surface area contributed by atoms with Crippen molar-refractivity contribution in [1.29, 1.82) is 0 Å². The highest BCUT2D eigenvalue weighted by Crippen LogP contribution is 2.30. The molecule has 0 aromatic rings. The molecule has 0 amide bonds. The molecule has 1 unspecified atom stereocenters. The van der Waals surface area contributed by atoms with Crippen LogP contribution in [0.3, 0.4) is 0 Å². The molecule has 0 bridgehead atoms. The Morgan fingerprint density at radius 3 is 2.04 bits per heavy atom. The van der Waals surface area contributed by atoms with Crippen molar-refractivity contribution in [3.63, 3.8) is 0 Å².